The van der Waals surface area contributed by atoms with Crippen molar-refractivity contribution in [3.8, 4) is 0 Å². The maximum atomic E-state index is 11.3. The van der Waals surface area contributed by atoms with Crippen molar-refractivity contribution in [2.45, 2.75) is 32.4 Å². The Morgan fingerprint density at radius 3 is 2.46 bits per heavy atom. The van der Waals surface area contributed by atoms with Gasteiger partial charge in [-0.3, -0.25) is 0 Å². The smallest absolute Gasteiger partial charge is 0.350 e. The van der Waals surface area contributed by atoms with Gasteiger partial charge >= 0.3 is 5.97 Å². The highest BCUT2D eigenvalue weighted by Gasteiger charge is 2.18. The summed E-state index contributed by atoms with van der Waals surface area (Å²) in [5, 5.41) is 0. The molecule has 0 fully saturated rings. The maximum Gasteiger partial charge on any atom is 0.350 e. The van der Waals surface area contributed by atoms with Crippen LogP contribution in [0, 0.1) is 0 Å². The van der Waals surface area contributed by atoms with E-state index in [2.05, 4.69) is 9.13 Å². The third-order valence-corrected chi connectivity index (χ3v) is 2.41. The van der Waals surface area contributed by atoms with Crippen LogP contribution in [0.15, 0.2) is 4.40 Å². The van der Waals surface area contributed by atoms with Gasteiger partial charge in [-0.1, -0.05) is 0 Å². The van der Waals surface area contributed by atoms with Gasteiger partial charge in [-0.25, -0.2) is 9.00 Å². The Balaban J connectivity index is 4.13. The number of carbonyl (C=O) groups is 1. The first-order valence-electron chi connectivity index (χ1n) is 4.00. The summed E-state index contributed by atoms with van der Waals surface area (Å²) in [7, 11) is -1.39. The van der Waals surface area contributed by atoms with E-state index in [0.717, 1.165) is 6.21 Å². The van der Waals surface area contributed by atoms with E-state index in [4.69, 9.17) is 0 Å². The number of rotatable bonds is 3. The Morgan fingerprint density at radius 1 is 1.54 bits per heavy atom. The van der Waals surface area contributed by atoms with Gasteiger partial charge < -0.3 is 4.74 Å². The molecule has 0 saturated carbocycles. The number of carbonyl (C=O) groups excluding carboxylic acids is 1. The lowest BCUT2D eigenvalue weighted by Gasteiger charge is -2.12. The summed E-state index contributed by atoms with van der Waals surface area (Å²) >= 11 is 0. The molecule has 0 bridgehead atoms. The van der Waals surface area contributed by atoms with Crippen LogP contribution in [0.5, 0.6) is 0 Å². The zero-order valence-corrected chi connectivity index (χ0v) is 9.18. The highest BCUT2D eigenvalue weighted by atomic mass is 32.2. The Morgan fingerprint density at radius 2 is 2.08 bits per heavy atom. The highest BCUT2D eigenvalue weighted by Crippen LogP contribution is 2.11. The molecule has 4 nitrogen and oxygen atoms in total. The maximum absolute atomic E-state index is 11.3. The molecule has 5 heteroatoms. The SMILES string of the molecule is CCOC(=O)/C=N/S(=O)C(C)(C)C. The molecule has 0 aromatic heterocycles. The Labute approximate surface area is 81.0 Å². The largest absolute Gasteiger partial charge is 0.462 e. The first-order chi connectivity index (χ1) is 5.88. The molecule has 76 valence electrons. The lowest BCUT2D eigenvalue weighted by atomic mass is 10.3. The summed E-state index contributed by atoms with van der Waals surface area (Å²) in [6, 6.07) is 0. The number of ether oxygens (including phenoxy) is 1. The average Bonchev–Trinajstić information content (AvgIpc) is 1.99. The second-order valence-corrected chi connectivity index (χ2v) is 5.28. The topological polar surface area (TPSA) is 55.7 Å². The molecule has 0 aliphatic rings. The van der Waals surface area contributed by atoms with E-state index in [1.54, 1.807) is 27.7 Å². The summed E-state index contributed by atoms with van der Waals surface area (Å²) in [4.78, 5) is 10.8. The van der Waals surface area contributed by atoms with Gasteiger partial charge in [-0.2, -0.15) is 4.40 Å². The second kappa shape index (κ2) is 5.11. The molecule has 0 saturated heterocycles. The van der Waals surface area contributed by atoms with Crippen LogP contribution in [-0.2, 0) is 20.5 Å². The van der Waals surface area contributed by atoms with Crippen LogP contribution in [0.2, 0.25) is 0 Å². The standard InChI is InChI=1S/C8H15NO3S/c1-5-12-7(10)6-9-13(11)8(2,3)4/h6H,5H2,1-4H3/b9-6+. The Hall–Kier alpha value is -0.710. The first kappa shape index (κ1) is 12.3. The first-order valence-corrected chi connectivity index (χ1v) is 5.11. The number of nitrogens with zero attached hydrogens (tertiary/aromatic N) is 1. The molecule has 0 radical (unpaired) electrons. The van der Waals surface area contributed by atoms with E-state index < -0.39 is 21.7 Å². The molecule has 13 heavy (non-hydrogen) atoms. The van der Waals surface area contributed by atoms with Gasteiger partial charge in [-0.05, 0) is 27.7 Å². The van der Waals surface area contributed by atoms with Crippen LogP contribution in [0.25, 0.3) is 0 Å². The van der Waals surface area contributed by atoms with E-state index in [1.165, 1.54) is 0 Å². The van der Waals surface area contributed by atoms with Crippen LogP contribution in [0.4, 0.5) is 0 Å². The predicted octanol–water partition coefficient (Wildman–Crippen LogP) is 1.08. The van der Waals surface area contributed by atoms with E-state index in [1.807, 2.05) is 0 Å². The van der Waals surface area contributed by atoms with Crippen LogP contribution in [0.3, 0.4) is 0 Å². The summed E-state index contributed by atoms with van der Waals surface area (Å²) in [6.07, 6.45) is 0.963. The van der Waals surface area contributed by atoms with Gasteiger partial charge in [0.1, 0.15) is 17.2 Å². The Bertz CT molecular complexity index is 230. The zero-order chi connectivity index (χ0) is 10.5. The molecule has 0 aromatic carbocycles. The van der Waals surface area contributed by atoms with E-state index in [0.29, 0.717) is 6.61 Å². The number of hydrogen-bond acceptors (Lipinski definition) is 3. The van der Waals surface area contributed by atoms with Crippen molar-refractivity contribution in [1.29, 1.82) is 0 Å². The summed E-state index contributed by atoms with van der Waals surface area (Å²) in [5.74, 6) is -0.555. The van der Waals surface area contributed by atoms with E-state index >= 15 is 0 Å². The van der Waals surface area contributed by atoms with Gasteiger partial charge in [0.15, 0.2) is 0 Å². The third-order valence-electron chi connectivity index (χ3n) is 1.06. The van der Waals surface area contributed by atoms with Crippen molar-refractivity contribution in [1.82, 2.24) is 0 Å². The molecule has 1 atom stereocenters. The van der Waals surface area contributed by atoms with Gasteiger partial charge in [0.05, 0.1) is 11.4 Å². The minimum atomic E-state index is -1.39. The molecule has 0 N–H and O–H groups in total. The minimum absolute atomic E-state index is 0.299. The van der Waals surface area contributed by atoms with Gasteiger partial charge in [0.25, 0.3) is 0 Å². The summed E-state index contributed by atoms with van der Waals surface area (Å²) in [5.41, 5.74) is 0. The van der Waals surface area contributed by atoms with Crippen molar-refractivity contribution < 1.29 is 13.7 Å². The Kier molecular flexibility index (Phi) is 4.83. The lowest BCUT2D eigenvalue weighted by molar-refractivity contribution is -0.134. The van der Waals surface area contributed by atoms with Gasteiger partial charge in [-0.15, -0.1) is 0 Å². The van der Waals surface area contributed by atoms with Crippen molar-refractivity contribution in [3.05, 3.63) is 0 Å². The van der Waals surface area contributed by atoms with E-state index in [9.17, 15) is 9.00 Å². The molecule has 0 aromatic rings. The van der Waals surface area contributed by atoms with Gasteiger partial charge in [0, 0.05) is 0 Å². The van der Waals surface area contributed by atoms with Crippen molar-refractivity contribution in [3.63, 3.8) is 0 Å². The molecule has 0 spiro atoms. The number of hydrogen-bond donors (Lipinski definition) is 0. The van der Waals surface area contributed by atoms with Crippen LogP contribution in [-0.4, -0.2) is 27.7 Å². The van der Waals surface area contributed by atoms with Crippen molar-refractivity contribution >= 4 is 23.2 Å². The highest BCUT2D eigenvalue weighted by molar-refractivity contribution is 7.85. The predicted molar refractivity (Wildman–Crippen MR) is 53.0 cm³/mol. The van der Waals surface area contributed by atoms with Crippen molar-refractivity contribution in [2.24, 2.45) is 4.40 Å². The fraction of sp³-hybridized carbons (Fsp3) is 0.750. The normalized spacial score (nSPS) is 14.5. The molecule has 1 unspecified atom stereocenters. The quantitative estimate of drug-likeness (QED) is 0.512. The van der Waals surface area contributed by atoms with E-state index in [-0.39, 0.29) is 0 Å². The summed E-state index contributed by atoms with van der Waals surface area (Å²) < 4.78 is 19.0. The van der Waals surface area contributed by atoms with Gasteiger partial charge in [0.2, 0.25) is 0 Å². The molecule has 0 aliphatic heterocycles. The van der Waals surface area contributed by atoms with Crippen LogP contribution < -0.4 is 0 Å². The van der Waals surface area contributed by atoms with Crippen molar-refractivity contribution in [2.75, 3.05) is 6.61 Å². The number of esters is 1. The van der Waals surface area contributed by atoms with Crippen LogP contribution >= 0.6 is 0 Å². The monoisotopic (exact) mass is 205 g/mol. The zero-order valence-electron chi connectivity index (χ0n) is 8.36. The lowest BCUT2D eigenvalue weighted by Crippen LogP contribution is -2.20. The average molecular weight is 205 g/mol. The molecule has 0 amide bonds. The van der Waals surface area contributed by atoms with Crippen LogP contribution in [0.1, 0.15) is 27.7 Å². The molecule has 0 rings (SSSR count). The summed E-state index contributed by atoms with van der Waals surface area (Å²) in [6.45, 7) is 7.35. The molecular weight excluding hydrogens is 190 g/mol. The minimum Gasteiger partial charge on any atom is -0.462 e. The third kappa shape index (κ3) is 5.52. The fourth-order valence-electron chi connectivity index (χ4n) is 0.429. The fourth-order valence-corrected chi connectivity index (χ4v) is 0.927. The molecule has 0 aliphatic carbocycles. The molecular formula is C8H15NO3S. The second-order valence-electron chi connectivity index (χ2n) is 3.35. The molecule has 0 heterocycles.